The highest BCUT2D eigenvalue weighted by molar-refractivity contribution is 9.10. The van der Waals surface area contributed by atoms with Crippen molar-refractivity contribution in [3.8, 4) is 11.5 Å². The Morgan fingerprint density at radius 1 is 1.27 bits per heavy atom. The summed E-state index contributed by atoms with van der Waals surface area (Å²) in [7, 11) is 3.24. The van der Waals surface area contributed by atoms with Gasteiger partial charge in [-0.2, -0.15) is 0 Å². The molecule has 0 bridgehead atoms. The van der Waals surface area contributed by atoms with Crippen LogP contribution in [0.2, 0.25) is 0 Å². The van der Waals surface area contributed by atoms with Gasteiger partial charge in [0.15, 0.2) is 0 Å². The first-order chi connectivity index (χ1) is 7.22. The maximum Gasteiger partial charge on any atom is 0.137 e. The van der Waals surface area contributed by atoms with Crippen molar-refractivity contribution < 1.29 is 9.47 Å². The lowest BCUT2D eigenvalue weighted by Crippen LogP contribution is -1.93. The average molecular weight is 272 g/mol. The van der Waals surface area contributed by atoms with Gasteiger partial charge in [0, 0.05) is 6.54 Å². The molecule has 0 unspecified atom stereocenters. The van der Waals surface area contributed by atoms with E-state index in [1.807, 2.05) is 24.3 Å². The van der Waals surface area contributed by atoms with Gasteiger partial charge in [-0.15, -0.1) is 0 Å². The number of hydrogen-bond acceptors (Lipinski definition) is 3. The van der Waals surface area contributed by atoms with E-state index in [1.165, 1.54) is 0 Å². The molecule has 82 valence electrons. The van der Waals surface area contributed by atoms with Crippen LogP contribution in [-0.4, -0.2) is 20.8 Å². The molecule has 0 spiro atoms. The van der Waals surface area contributed by atoms with E-state index in [-0.39, 0.29) is 0 Å². The van der Waals surface area contributed by atoms with Crippen molar-refractivity contribution in [3.05, 3.63) is 28.2 Å². The van der Waals surface area contributed by atoms with E-state index in [2.05, 4.69) is 15.9 Å². The lowest BCUT2D eigenvalue weighted by atomic mass is 10.2. The SMILES string of the molecule is COc1cc(/C=C/CN)cc(OC)c1Br. The molecule has 0 saturated heterocycles. The van der Waals surface area contributed by atoms with Crippen molar-refractivity contribution in [3.63, 3.8) is 0 Å². The maximum absolute atomic E-state index is 5.39. The molecule has 15 heavy (non-hydrogen) atoms. The van der Waals surface area contributed by atoms with E-state index >= 15 is 0 Å². The Kier molecular flexibility index (Phi) is 4.65. The fraction of sp³-hybridized carbons (Fsp3) is 0.273. The number of hydrogen-bond donors (Lipinski definition) is 1. The van der Waals surface area contributed by atoms with E-state index in [4.69, 9.17) is 15.2 Å². The van der Waals surface area contributed by atoms with Crippen LogP contribution in [0.3, 0.4) is 0 Å². The second kappa shape index (κ2) is 5.78. The van der Waals surface area contributed by atoms with Gasteiger partial charge in [0.25, 0.3) is 0 Å². The summed E-state index contributed by atoms with van der Waals surface area (Å²) in [4.78, 5) is 0. The van der Waals surface area contributed by atoms with Crippen LogP contribution in [0.15, 0.2) is 22.7 Å². The van der Waals surface area contributed by atoms with Crippen LogP contribution >= 0.6 is 15.9 Å². The molecule has 1 aromatic carbocycles. The molecular weight excluding hydrogens is 258 g/mol. The Hall–Kier alpha value is -1.00. The van der Waals surface area contributed by atoms with Gasteiger partial charge in [-0.25, -0.2) is 0 Å². The van der Waals surface area contributed by atoms with Crippen LogP contribution in [0.4, 0.5) is 0 Å². The van der Waals surface area contributed by atoms with Gasteiger partial charge in [-0.05, 0) is 33.6 Å². The molecule has 1 rings (SSSR count). The quantitative estimate of drug-likeness (QED) is 0.915. The molecule has 4 heteroatoms. The number of rotatable bonds is 4. The molecule has 0 atom stereocenters. The Morgan fingerprint density at radius 3 is 2.20 bits per heavy atom. The largest absolute Gasteiger partial charge is 0.495 e. The van der Waals surface area contributed by atoms with Crippen LogP contribution in [0.25, 0.3) is 6.08 Å². The maximum atomic E-state index is 5.39. The van der Waals surface area contributed by atoms with Crippen molar-refractivity contribution in [2.24, 2.45) is 5.73 Å². The summed E-state index contributed by atoms with van der Waals surface area (Å²) < 4.78 is 11.2. The number of ether oxygens (including phenoxy) is 2. The van der Waals surface area contributed by atoms with Crippen molar-refractivity contribution >= 4 is 22.0 Å². The summed E-state index contributed by atoms with van der Waals surface area (Å²) in [6.45, 7) is 0.515. The summed E-state index contributed by atoms with van der Waals surface area (Å²) in [5.41, 5.74) is 6.39. The molecule has 1 aromatic rings. The first kappa shape index (κ1) is 12.1. The first-order valence-electron chi connectivity index (χ1n) is 4.51. The fourth-order valence-corrected chi connectivity index (χ4v) is 1.74. The van der Waals surface area contributed by atoms with Gasteiger partial charge in [0.1, 0.15) is 16.0 Å². The van der Waals surface area contributed by atoms with E-state index in [9.17, 15) is 0 Å². The third kappa shape index (κ3) is 2.97. The van der Waals surface area contributed by atoms with Crippen molar-refractivity contribution in [1.82, 2.24) is 0 Å². The minimum absolute atomic E-state index is 0.515. The highest BCUT2D eigenvalue weighted by Crippen LogP contribution is 2.35. The smallest absolute Gasteiger partial charge is 0.137 e. The highest BCUT2D eigenvalue weighted by atomic mass is 79.9. The Labute approximate surface area is 98.0 Å². The Balaban J connectivity index is 3.14. The van der Waals surface area contributed by atoms with Crippen LogP contribution in [0, 0.1) is 0 Å². The zero-order valence-corrected chi connectivity index (χ0v) is 10.4. The van der Waals surface area contributed by atoms with Gasteiger partial charge < -0.3 is 15.2 Å². The van der Waals surface area contributed by atoms with Gasteiger partial charge in [-0.1, -0.05) is 12.2 Å². The van der Waals surface area contributed by atoms with Gasteiger partial charge >= 0.3 is 0 Å². The highest BCUT2D eigenvalue weighted by Gasteiger charge is 2.08. The summed E-state index contributed by atoms with van der Waals surface area (Å²) >= 11 is 3.41. The third-order valence-corrected chi connectivity index (χ3v) is 2.70. The minimum atomic E-state index is 0.515. The molecular formula is C11H14BrNO2. The lowest BCUT2D eigenvalue weighted by molar-refractivity contribution is 0.389. The van der Waals surface area contributed by atoms with Crippen molar-refractivity contribution in [2.45, 2.75) is 0 Å². The molecule has 2 N–H and O–H groups in total. The average Bonchev–Trinajstić information content (AvgIpc) is 2.27. The minimum Gasteiger partial charge on any atom is -0.495 e. The lowest BCUT2D eigenvalue weighted by Gasteiger charge is -2.09. The van der Waals surface area contributed by atoms with Crippen molar-refractivity contribution in [2.75, 3.05) is 20.8 Å². The number of benzene rings is 1. The molecule has 0 aliphatic heterocycles. The number of nitrogens with two attached hydrogens (primary N) is 1. The second-order valence-electron chi connectivity index (χ2n) is 2.88. The molecule has 0 aliphatic rings. The Morgan fingerprint density at radius 2 is 1.80 bits per heavy atom. The molecule has 0 aromatic heterocycles. The summed E-state index contributed by atoms with van der Waals surface area (Å²) in [6.07, 6.45) is 3.81. The molecule has 0 heterocycles. The molecule has 0 saturated carbocycles. The normalized spacial score (nSPS) is 10.7. The molecule has 0 aliphatic carbocycles. The first-order valence-corrected chi connectivity index (χ1v) is 5.30. The topological polar surface area (TPSA) is 44.5 Å². The number of methoxy groups -OCH3 is 2. The van der Waals surface area contributed by atoms with E-state index in [0.717, 1.165) is 21.5 Å². The fourth-order valence-electron chi connectivity index (χ4n) is 1.19. The Bertz CT molecular complexity index is 339. The summed E-state index contributed by atoms with van der Waals surface area (Å²) in [5, 5.41) is 0. The summed E-state index contributed by atoms with van der Waals surface area (Å²) in [5.74, 6) is 1.48. The standard InChI is InChI=1S/C11H14BrNO2/c1-14-9-6-8(4-3-5-13)7-10(15-2)11(9)12/h3-4,6-7H,5,13H2,1-2H3/b4-3+. The van der Waals surface area contributed by atoms with E-state index in [0.29, 0.717) is 6.54 Å². The van der Waals surface area contributed by atoms with Crippen molar-refractivity contribution in [1.29, 1.82) is 0 Å². The molecule has 0 amide bonds. The van der Waals surface area contributed by atoms with Crippen LogP contribution in [-0.2, 0) is 0 Å². The third-order valence-electron chi connectivity index (χ3n) is 1.91. The molecule has 3 nitrogen and oxygen atoms in total. The van der Waals surface area contributed by atoms with Crippen LogP contribution in [0.1, 0.15) is 5.56 Å². The van der Waals surface area contributed by atoms with Crippen LogP contribution in [0.5, 0.6) is 11.5 Å². The summed E-state index contributed by atoms with van der Waals surface area (Å²) in [6, 6.07) is 3.83. The second-order valence-corrected chi connectivity index (χ2v) is 3.67. The van der Waals surface area contributed by atoms with Gasteiger partial charge in [0.2, 0.25) is 0 Å². The zero-order chi connectivity index (χ0) is 11.3. The number of halogens is 1. The van der Waals surface area contributed by atoms with Gasteiger partial charge in [0.05, 0.1) is 14.2 Å². The predicted molar refractivity (Wildman–Crippen MR) is 65.3 cm³/mol. The molecule has 0 radical (unpaired) electrons. The monoisotopic (exact) mass is 271 g/mol. The molecule has 0 fully saturated rings. The zero-order valence-electron chi connectivity index (χ0n) is 8.79. The van der Waals surface area contributed by atoms with E-state index < -0.39 is 0 Å². The van der Waals surface area contributed by atoms with Crippen LogP contribution < -0.4 is 15.2 Å². The van der Waals surface area contributed by atoms with E-state index in [1.54, 1.807) is 14.2 Å². The predicted octanol–water partition coefficient (Wildman–Crippen LogP) is 2.44. The van der Waals surface area contributed by atoms with Gasteiger partial charge in [-0.3, -0.25) is 0 Å².